The number of carbonyl (C=O) groups excluding carboxylic acids is 1. The van der Waals surface area contributed by atoms with Crippen LogP contribution in [-0.4, -0.2) is 23.0 Å². The highest BCUT2D eigenvalue weighted by Gasteiger charge is 2.24. The molecule has 0 aliphatic carbocycles. The summed E-state index contributed by atoms with van der Waals surface area (Å²) < 4.78 is 0. The van der Waals surface area contributed by atoms with Crippen LogP contribution in [0.2, 0.25) is 10.0 Å². The standard InChI is InChI=1S/C16H15Cl2NO3S/c1-9(11-2-3-23-8-11)15(20)19-14(16(21)22)6-10-4-12(17)7-13(18)5-10/h2-5,7-9,14H,6H2,1H3,(H,19,20)(H,21,22). The first kappa shape index (κ1) is 17.8. The lowest BCUT2D eigenvalue weighted by molar-refractivity contribution is -0.141. The molecule has 2 N–H and O–H groups in total. The van der Waals surface area contributed by atoms with E-state index in [0.717, 1.165) is 5.56 Å². The molecule has 0 saturated carbocycles. The molecule has 23 heavy (non-hydrogen) atoms. The molecule has 1 heterocycles. The molecule has 0 fully saturated rings. The van der Waals surface area contributed by atoms with Crippen LogP contribution < -0.4 is 5.32 Å². The fraction of sp³-hybridized carbons (Fsp3) is 0.250. The molecule has 1 aromatic carbocycles. The molecule has 0 spiro atoms. The Hall–Kier alpha value is -1.56. The maximum atomic E-state index is 12.3. The molecule has 0 saturated heterocycles. The summed E-state index contributed by atoms with van der Waals surface area (Å²) in [6.45, 7) is 1.74. The van der Waals surface area contributed by atoms with Crippen molar-refractivity contribution < 1.29 is 14.7 Å². The quantitative estimate of drug-likeness (QED) is 0.806. The molecule has 7 heteroatoms. The van der Waals surface area contributed by atoms with Crippen LogP contribution in [0.4, 0.5) is 0 Å². The van der Waals surface area contributed by atoms with Gasteiger partial charge in [0.25, 0.3) is 0 Å². The molecule has 0 aliphatic heterocycles. The van der Waals surface area contributed by atoms with Gasteiger partial charge in [-0.2, -0.15) is 11.3 Å². The van der Waals surface area contributed by atoms with Crippen LogP contribution in [0, 0.1) is 0 Å². The zero-order valence-corrected chi connectivity index (χ0v) is 14.6. The van der Waals surface area contributed by atoms with Crippen molar-refractivity contribution >= 4 is 46.4 Å². The summed E-state index contributed by atoms with van der Waals surface area (Å²) in [6, 6.07) is 5.65. The van der Waals surface area contributed by atoms with E-state index in [1.165, 1.54) is 11.3 Å². The molecule has 1 amide bonds. The Morgan fingerprint density at radius 3 is 2.43 bits per heavy atom. The Morgan fingerprint density at radius 1 is 1.26 bits per heavy atom. The van der Waals surface area contributed by atoms with Crippen molar-refractivity contribution in [1.82, 2.24) is 5.32 Å². The van der Waals surface area contributed by atoms with E-state index in [9.17, 15) is 14.7 Å². The van der Waals surface area contributed by atoms with Crippen LogP contribution in [-0.2, 0) is 16.0 Å². The van der Waals surface area contributed by atoms with Crippen molar-refractivity contribution in [3.63, 3.8) is 0 Å². The van der Waals surface area contributed by atoms with Gasteiger partial charge in [-0.3, -0.25) is 4.79 Å². The van der Waals surface area contributed by atoms with E-state index in [4.69, 9.17) is 23.2 Å². The van der Waals surface area contributed by atoms with Gasteiger partial charge in [0.2, 0.25) is 5.91 Å². The molecule has 0 aliphatic rings. The molecule has 2 rings (SSSR count). The van der Waals surface area contributed by atoms with Crippen LogP contribution in [0.5, 0.6) is 0 Å². The van der Waals surface area contributed by atoms with Crippen molar-refractivity contribution in [2.75, 3.05) is 0 Å². The number of aliphatic carboxylic acids is 1. The van der Waals surface area contributed by atoms with Crippen LogP contribution in [0.1, 0.15) is 24.0 Å². The lowest BCUT2D eigenvalue weighted by Gasteiger charge is -2.18. The minimum Gasteiger partial charge on any atom is -0.480 e. The molecule has 2 atom stereocenters. The number of benzene rings is 1. The Bertz CT molecular complexity index is 683. The highest BCUT2D eigenvalue weighted by molar-refractivity contribution is 7.08. The predicted molar refractivity (Wildman–Crippen MR) is 92.5 cm³/mol. The van der Waals surface area contributed by atoms with Crippen molar-refractivity contribution in [3.05, 3.63) is 56.2 Å². The molecule has 0 radical (unpaired) electrons. The molecule has 0 bridgehead atoms. The summed E-state index contributed by atoms with van der Waals surface area (Å²) in [5, 5.41) is 16.5. The lowest BCUT2D eigenvalue weighted by atomic mass is 10.0. The summed E-state index contributed by atoms with van der Waals surface area (Å²) in [7, 11) is 0. The molecule has 2 aromatic rings. The van der Waals surface area contributed by atoms with Gasteiger partial charge in [0.15, 0.2) is 0 Å². The number of thiophene rings is 1. The number of nitrogens with one attached hydrogen (secondary N) is 1. The van der Waals surface area contributed by atoms with Crippen LogP contribution in [0.15, 0.2) is 35.0 Å². The largest absolute Gasteiger partial charge is 0.480 e. The minimum absolute atomic E-state index is 0.109. The van der Waals surface area contributed by atoms with Gasteiger partial charge in [0.1, 0.15) is 6.04 Å². The number of carboxylic acids is 1. The smallest absolute Gasteiger partial charge is 0.326 e. The van der Waals surface area contributed by atoms with E-state index in [1.807, 2.05) is 16.8 Å². The second-order valence-corrected chi connectivity index (χ2v) is 6.81. The summed E-state index contributed by atoms with van der Waals surface area (Å²) in [5.41, 5.74) is 1.51. The van der Waals surface area contributed by atoms with Gasteiger partial charge in [-0.1, -0.05) is 23.2 Å². The van der Waals surface area contributed by atoms with Gasteiger partial charge in [-0.05, 0) is 53.1 Å². The van der Waals surface area contributed by atoms with Gasteiger partial charge in [-0.15, -0.1) is 0 Å². The molecular formula is C16H15Cl2NO3S. The van der Waals surface area contributed by atoms with Crippen molar-refractivity contribution in [2.45, 2.75) is 25.3 Å². The second-order valence-electron chi connectivity index (χ2n) is 5.16. The SMILES string of the molecule is CC(C(=O)NC(Cc1cc(Cl)cc(Cl)c1)C(=O)O)c1ccsc1. The van der Waals surface area contributed by atoms with Gasteiger partial charge < -0.3 is 10.4 Å². The fourth-order valence-corrected chi connectivity index (χ4v) is 3.46. The average Bonchev–Trinajstić information content (AvgIpc) is 2.98. The maximum Gasteiger partial charge on any atom is 0.326 e. The Kier molecular flexibility index (Phi) is 6.04. The zero-order chi connectivity index (χ0) is 17.0. The molecular weight excluding hydrogens is 357 g/mol. The summed E-state index contributed by atoms with van der Waals surface area (Å²) in [4.78, 5) is 23.7. The lowest BCUT2D eigenvalue weighted by Crippen LogP contribution is -2.43. The third kappa shape index (κ3) is 4.96. The monoisotopic (exact) mass is 371 g/mol. The number of carboxylic acid groups (broad SMARTS) is 1. The Balaban J connectivity index is 2.09. The topological polar surface area (TPSA) is 66.4 Å². The summed E-state index contributed by atoms with van der Waals surface area (Å²) in [6.07, 6.45) is 0.109. The van der Waals surface area contributed by atoms with Crippen molar-refractivity contribution in [1.29, 1.82) is 0 Å². The summed E-state index contributed by atoms with van der Waals surface area (Å²) in [5.74, 6) is -1.85. The third-order valence-corrected chi connectivity index (χ3v) is 4.55. The van der Waals surface area contributed by atoms with Gasteiger partial charge in [0.05, 0.1) is 5.92 Å². The maximum absolute atomic E-state index is 12.3. The highest BCUT2D eigenvalue weighted by Crippen LogP contribution is 2.21. The number of carbonyl (C=O) groups is 2. The number of rotatable bonds is 6. The molecule has 2 unspecified atom stereocenters. The van der Waals surface area contributed by atoms with Gasteiger partial charge in [0, 0.05) is 16.5 Å². The highest BCUT2D eigenvalue weighted by atomic mass is 35.5. The van der Waals surface area contributed by atoms with E-state index in [-0.39, 0.29) is 12.3 Å². The van der Waals surface area contributed by atoms with E-state index in [2.05, 4.69) is 5.32 Å². The van der Waals surface area contributed by atoms with Gasteiger partial charge in [-0.25, -0.2) is 4.79 Å². The van der Waals surface area contributed by atoms with Crippen LogP contribution in [0.3, 0.4) is 0 Å². The Labute approximate surface area is 148 Å². The van der Waals surface area contributed by atoms with Crippen molar-refractivity contribution in [2.24, 2.45) is 0 Å². The van der Waals surface area contributed by atoms with Crippen molar-refractivity contribution in [3.8, 4) is 0 Å². The number of hydrogen-bond acceptors (Lipinski definition) is 3. The zero-order valence-electron chi connectivity index (χ0n) is 12.3. The first-order valence-corrected chi connectivity index (χ1v) is 8.57. The number of hydrogen-bond donors (Lipinski definition) is 2. The molecule has 122 valence electrons. The van der Waals surface area contributed by atoms with E-state index in [1.54, 1.807) is 25.1 Å². The van der Waals surface area contributed by atoms with Crippen LogP contribution in [0.25, 0.3) is 0 Å². The molecule has 4 nitrogen and oxygen atoms in total. The van der Waals surface area contributed by atoms with E-state index in [0.29, 0.717) is 15.6 Å². The molecule has 1 aromatic heterocycles. The first-order valence-electron chi connectivity index (χ1n) is 6.87. The minimum atomic E-state index is -1.10. The summed E-state index contributed by atoms with van der Waals surface area (Å²) >= 11 is 13.3. The fourth-order valence-electron chi connectivity index (χ4n) is 2.13. The Morgan fingerprint density at radius 2 is 1.91 bits per heavy atom. The number of amides is 1. The van der Waals surface area contributed by atoms with E-state index < -0.39 is 17.9 Å². The average molecular weight is 372 g/mol. The van der Waals surface area contributed by atoms with Gasteiger partial charge >= 0.3 is 5.97 Å². The predicted octanol–water partition coefficient (Wildman–Crippen LogP) is 3.97. The van der Waals surface area contributed by atoms with E-state index >= 15 is 0 Å². The normalized spacial score (nSPS) is 13.3. The number of halogens is 2. The second kappa shape index (κ2) is 7.81. The van der Waals surface area contributed by atoms with Crippen LogP contribution >= 0.6 is 34.5 Å². The third-order valence-electron chi connectivity index (χ3n) is 3.41. The first-order chi connectivity index (χ1) is 10.9.